The van der Waals surface area contributed by atoms with Gasteiger partial charge in [-0.25, -0.2) is 13.2 Å². The third-order valence-electron chi connectivity index (χ3n) is 2.51. The molecule has 1 saturated carbocycles. The molecule has 0 aliphatic heterocycles. The quantitative estimate of drug-likeness (QED) is 0.774. The fraction of sp³-hybridized carbons (Fsp3) is 0.875. The summed E-state index contributed by atoms with van der Waals surface area (Å²) in [6.07, 6.45) is -3.93. The van der Waals surface area contributed by atoms with E-state index in [-0.39, 0.29) is 5.92 Å². The molecular formula is C8H12F3NO4S. The fourth-order valence-corrected chi connectivity index (χ4v) is 3.03. The molecule has 5 nitrogen and oxygen atoms in total. The van der Waals surface area contributed by atoms with Crippen LogP contribution >= 0.6 is 0 Å². The minimum Gasteiger partial charge on any atom is -0.480 e. The molecule has 100 valence electrons. The molecule has 1 rings (SSSR count). The van der Waals surface area contributed by atoms with Crippen LogP contribution in [-0.2, 0) is 14.8 Å². The maximum absolute atomic E-state index is 12.5. The first-order valence-corrected chi connectivity index (χ1v) is 6.45. The Morgan fingerprint density at radius 1 is 1.41 bits per heavy atom. The van der Waals surface area contributed by atoms with Crippen LogP contribution in [0.5, 0.6) is 0 Å². The van der Waals surface area contributed by atoms with Crippen LogP contribution in [0.4, 0.5) is 13.2 Å². The highest BCUT2D eigenvalue weighted by Crippen LogP contribution is 2.33. The Balaban J connectivity index is 2.90. The van der Waals surface area contributed by atoms with E-state index in [9.17, 15) is 26.4 Å². The van der Waals surface area contributed by atoms with Crippen LogP contribution in [0.15, 0.2) is 0 Å². The van der Waals surface area contributed by atoms with Crippen molar-refractivity contribution in [1.82, 2.24) is 4.72 Å². The molecule has 1 aliphatic rings. The minimum atomic E-state index is -5.20. The Hall–Kier alpha value is -0.830. The van der Waals surface area contributed by atoms with E-state index in [0.29, 0.717) is 19.8 Å². The zero-order valence-corrected chi connectivity index (χ0v) is 9.73. The van der Waals surface area contributed by atoms with Gasteiger partial charge in [0.1, 0.15) is 0 Å². The zero-order valence-electron chi connectivity index (χ0n) is 8.91. The summed E-state index contributed by atoms with van der Waals surface area (Å²) >= 11 is 0. The van der Waals surface area contributed by atoms with Crippen LogP contribution in [0, 0.1) is 5.92 Å². The zero-order chi connectivity index (χ0) is 13.5. The molecule has 0 bridgehead atoms. The van der Waals surface area contributed by atoms with Crippen molar-refractivity contribution < 1.29 is 31.5 Å². The molecule has 0 amide bonds. The lowest BCUT2D eigenvalue weighted by atomic mass is 10.0. The third kappa shape index (κ3) is 3.32. The van der Waals surface area contributed by atoms with Crippen LogP contribution in [0.1, 0.15) is 19.8 Å². The monoisotopic (exact) mass is 275 g/mol. The summed E-state index contributed by atoms with van der Waals surface area (Å²) in [5.74, 6) is -2.91. The van der Waals surface area contributed by atoms with Crippen molar-refractivity contribution in [1.29, 1.82) is 0 Å². The highest BCUT2D eigenvalue weighted by atomic mass is 32.2. The van der Waals surface area contributed by atoms with Gasteiger partial charge in [0.25, 0.3) is 0 Å². The lowest BCUT2D eigenvalue weighted by Gasteiger charge is -2.28. The van der Waals surface area contributed by atoms with Crippen molar-refractivity contribution in [3.05, 3.63) is 0 Å². The van der Waals surface area contributed by atoms with E-state index < -0.39 is 33.5 Å². The van der Waals surface area contributed by atoms with E-state index in [0.717, 1.165) is 0 Å². The van der Waals surface area contributed by atoms with Gasteiger partial charge in [-0.2, -0.15) is 17.9 Å². The number of aliphatic carboxylic acids is 1. The number of hydrogen-bond donors (Lipinski definition) is 2. The second-order valence-electron chi connectivity index (χ2n) is 4.25. The number of alkyl halides is 3. The molecule has 0 heterocycles. The molecule has 0 spiro atoms. The predicted octanol–water partition coefficient (Wildman–Crippen LogP) is 0.721. The molecule has 1 aliphatic carbocycles. The summed E-state index contributed by atoms with van der Waals surface area (Å²) in [5.41, 5.74) is -3.49. The van der Waals surface area contributed by atoms with E-state index in [1.807, 2.05) is 0 Å². The number of nitrogens with one attached hydrogen (secondary N) is 1. The van der Waals surface area contributed by atoms with Crippen LogP contribution in [0.25, 0.3) is 0 Å². The Bertz CT molecular complexity index is 415. The van der Waals surface area contributed by atoms with Gasteiger partial charge < -0.3 is 5.11 Å². The number of carboxylic acid groups (broad SMARTS) is 1. The number of carbonyl (C=O) groups is 1. The van der Waals surface area contributed by atoms with Crippen molar-refractivity contribution in [2.75, 3.05) is 5.75 Å². The van der Waals surface area contributed by atoms with Gasteiger partial charge in [-0.15, -0.1) is 0 Å². The average molecular weight is 275 g/mol. The second kappa shape index (κ2) is 4.13. The normalized spacial score (nSPS) is 20.9. The first-order valence-electron chi connectivity index (χ1n) is 4.80. The number of hydrogen-bond acceptors (Lipinski definition) is 3. The average Bonchev–Trinajstić information content (AvgIpc) is 2.83. The summed E-state index contributed by atoms with van der Waals surface area (Å²) in [5, 5.41) is 8.53. The lowest BCUT2D eigenvalue weighted by molar-refractivity contribution is -0.201. The first-order chi connectivity index (χ1) is 7.48. The van der Waals surface area contributed by atoms with Gasteiger partial charge in [0.2, 0.25) is 15.6 Å². The van der Waals surface area contributed by atoms with Crippen LogP contribution in [-0.4, -0.2) is 37.0 Å². The summed E-state index contributed by atoms with van der Waals surface area (Å²) in [6.45, 7) is 0.291. The van der Waals surface area contributed by atoms with E-state index >= 15 is 0 Å². The molecule has 9 heteroatoms. The molecule has 1 fully saturated rings. The van der Waals surface area contributed by atoms with E-state index in [1.165, 1.54) is 4.72 Å². The van der Waals surface area contributed by atoms with Crippen molar-refractivity contribution in [3.8, 4) is 0 Å². The Labute approximate surface area is 96.1 Å². The van der Waals surface area contributed by atoms with Crippen LogP contribution < -0.4 is 4.72 Å². The maximum Gasteiger partial charge on any atom is 0.418 e. The molecule has 0 aromatic carbocycles. The van der Waals surface area contributed by atoms with Crippen molar-refractivity contribution in [3.63, 3.8) is 0 Å². The summed E-state index contributed by atoms with van der Waals surface area (Å²) in [6, 6.07) is 0. The van der Waals surface area contributed by atoms with Gasteiger partial charge in [-0.05, 0) is 25.7 Å². The minimum absolute atomic E-state index is 0.168. The summed E-state index contributed by atoms with van der Waals surface area (Å²) in [4.78, 5) is 10.6. The smallest absolute Gasteiger partial charge is 0.418 e. The first kappa shape index (κ1) is 14.2. The molecule has 17 heavy (non-hydrogen) atoms. The molecule has 1 atom stereocenters. The van der Waals surface area contributed by atoms with Gasteiger partial charge in [0.05, 0.1) is 5.75 Å². The van der Waals surface area contributed by atoms with Crippen LogP contribution in [0.3, 0.4) is 0 Å². The van der Waals surface area contributed by atoms with E-state index in [4.69, 9.17) is 5.11 Å². The maximum atomic E-state index is 12.5. The summed E-state index contributed by atoms with van der Waals surface area (Å²) in [7, 11) is -4.25. The molecule has 0 saturated heterocycles. The van der Waals surface area contributed by atoms with Crippen molar-refractivity contribution in [2.45, 2.75) is 31.5 Å². The Morgan fingerprint density at radius 3 is 2.18 bits per heavy atom. The van der Waals surface area contributed by atoms with Gasteiger partial charge in [0.15, 0.2) is 0 Å². The molecule has 0 aromatic rings. The standard InChI is InChI=1S/C8H12F3NO4S/c1-7(6(13)14,8(9,10)11)12-17(15,16)4-5-2-3-5/h5,12H,2-4H2,1H3,(H,13,14). The van der Waals surface area contributed by atoms with Gasteiger partial charge in [0, 0.05) is 0 Å². The van der Waals surface area contributed by atoms with Gasteiger partial charge in [-0.3, -0.25) is 0 Å². The number of carboxylic acids is 1. The Kier molecular flexibility index (Phi) is 3.45. The molecule has 0 aromatic heterocycles. The Morgan fingerprint density at radius 2 is 1.88 bits per heavy atom. The van der Waals surface area contributed by atoms with Gasteiger partial charge >= 0.3 is 12.1 Å². The number of rotatable bonds is 5. The van der Waals surface area contributed by atoms with Gasteiger partial charge in [-0.1, -0.05) is 0 Å². The third-order valence-corrected chi connectivity index (χ3v) is 4.14. The van der Waals surface area contributed by atoms with Crippen molar-refractivity contribution in [2.24, 2.45) is 5.92 Å². The number of halogens is 3. The number of sulfonamides is 1. The molecule has 0 radical (unpaired) electrons. The fourth-order valence-electron chi connectivity index (χ4n) is 1.17. The second-order valence-corrected chi connectivity index (χ2v) is 6.02. The highest BCUT2D eigenvalue weighted by molar-refractivity contribution is 7.89. The highest BCUT2D eigenvalue weighted by Gasteiger charge is 2.59. The lowest BCUT2D eigenvalue weighted by Crippen LogP contribution is -2.62. The largest absolute Gasteiger partial charge is 0.480 e. The van der Waals surface area contributed by atoms with Crippen molar-refractivity contribution >= 4 is 16.0 Å². The molecular weight excluding hydrogens is 263 g/mol. The summed E-state index contributed by atoms with van der Waals surface area (Å²) < 4.78 is 61.6. The SMILES string of the molecule is CC(NS(=O)(=O)CC1CC1)(C(=O)O)C(F)(F)F. The molecule has 2 N–H and O–H groups in total. The molecule has 1 unspecified atom stereocenters. The van der Waals surface area contributed by atoms with E-state index in [2.05, 4.69) is 0 Å². The topological polar surface area (TPSA) is 83.5 Å². The predicted molar refractivity (Wildman–Crippen MR) is 51.7 cm³/mol. The van der Waals surface area contributed by atoms with Crippen LogP contribution in [0.2, 0.25) is 0 Å². The van der Waals surface area contributed by atoms with E-state index in [1.54, 1.807) is 0 Å².